The van der Waals surface area contributed by atoms with E-state index in [1.165, 1.54) is 0 Å². The average Bonchev–Trinajstić information content (AvgIpc) is 3.31. The Labute approximate surface area is 391 Å². The Hall–Kier alpha value is -3.84. The molecule has 0 aliphatic carbocycles. The van der Waals surface area contributed by atoms with Gasteiger partial charge in [0.2, 0.25) is 0 Å². The Morgan fingerprint density at radius 3 is 1.61 bits per heavy atom. The highest BCUT2D eigenvalue weighted by Crippen LogP contribution is 2.26. The second kappa shape index (κ2) is 37.2. The van der Waals surface area contributed by atoms with E-state index in [0.717, 1.165) is 57.8 Å². The van der Waals surface area contributed by atoms with Gasteiger partial charge >= 0.3 is 11.9 Å². The molecule has 0 aromatic carbocycles. The SMILES string of the molecule is CC/C=C/C=C/C=C/C=C/CCCCCC(=O)OC(COC(=O)CCC/C=C/C/C=C/C/C=C/C/C=C/C/C=C/CC)CO[C@@H]1O[C@H](CO[C@@H]2O[C@H](CO)[C@H](O)C(O)C2O)[C@H](O)C(O)C1O. The smallest absolute Gasteiger partial charge is 0.306 e. The molecule has 0 bridgehead atoms. The first-order valence-electron chi connectivity index (χ1n) is 23.5. The van der Waals surface area contributed by atoms with Gasteiger partial charge in [-0.05, 0) is 70.6 Å². The minimum Gasteiger partial charge on any atom is -0.462 e. The Balaban J connectivity index is 1.89. The first kappa shape index (κ1) is 58.3. The summed E-state index contributed by atoms with van der Waals surface area (Å²) < 4.78 is 33.4. The van der Waals surface area contributed by atoms with Gasteiger partial charge in [-0.1, -0.05) is 130 Å². The maximum absolute atomic E-state index is 12.9. The van der Waals surface area contributed by atoms with Gasteiger partial charge < -0.3 is 64.2 Å². The summed E-state index contributed by atoms with van der Waals surface area (Å²) in [5.74, 6) is -1.06. The van der Waals surface area contributed by atoms with E-state index in [1.807, 2.05) is 48.6 Å². The van der Waals surface area contributed by atoms with E-state index in [-0.39, 0.29) is 19.4 Å². The van der Waals surface area contributed by atoms with Crippen LogP contribution < -0.4 is 0 Å². The van der Waals surface area contributed by atoms with Crippen LogP contribution in [0.1, 0.15) is 104 Å². The fourth-order valence-electron chi connectivity index (χ4n) is 6.50. The third-order valence-corrected chi connectivity index (χ3v) is 10.3. The second-order valence-corrected chi connectivity index (χ2v) is 15.9. The Morgan fingerprint density at radius 2 is 1.00 bits per heavy atom. The minimum atomic E-state index is -1.79. The molecule has 0 aromatic heterocycles. The van der Waals surface area contributed by atoms with E-state index in [1.54, 1.807) is 0 Å². The van der Waals surface area contributed by atoms with Crippen LogP contribution in [0.4, 0.5) is 0 Å². The van der Waals surface area contributed by atoms with Gasteiger partial charge in [-0.3, -0.25) is 9.59 Å². The number of hydrogen-bond donors (Lipinski definition) is 7. The largest absolute Gasteiger partial charge is 0.462 e. The molecule has 372 valence electrons. The molecule has 2 aliphatic rings. The van der Waals surface area contributed by atoms with Gasteiger partial charge in [0, 0.05) is 12.8 Å². The van der Waals surface area contributed by atoms with E-state index in [2.05, 4.69) is 74.6 Å². The van der Waals surface area contributed by atoms with Gasteiger partial charge in [0.1, 0.15) is 55.4 Å². The van der Waals surface area contributed by atoms with Gasteiger partial charge in [-0.15, -0.1) is 0 Å². The first-order chi connectivity index (χ1) is 32.0. The molecule has 2 saturated heterocycles. The molecule has 5 unspecified atom stereocenters. The standard InChI is InChI=1S/C51H78O15/c1-3-5-7-9-11-13-15-17-18-19-20-22-23-25-27-29-31-33-42(53)61-36-39(64-43(54)34-32-30-28-26-24-21-16-14-12-10-8-6-4-2)37-62-50-49(60)47(58)45(56)41(66-50)38-63-51-48(59)46(57)44(55)40(35-52)65-51/h5-8,10-14,16-18,20-22,24-25,27,39-41,44-52,55-60H,3-4,9,15,19,23,26,28-38H2,1-2H3/b7-5+,8-6+,12-10+,13-11+,16-14+,18-17+,22-20+,24-21+,27-25+/t39?,40-,41-,44+,45+,46?,47?,48?,49?,50-,51-/m1/s1. The van der Waals surface area contributed by atoms with E-state index >= 15 is 0 Å². The molecule has 2 rings (SSSR count). The van der Waals surface area contributed by atoms with Crippen LogP contribution in [-0.2, 0) is 38.0 Å². The fraction of sp³-hybridized carbons (Fsp3) is 0.608. The van der Waals surface area contributed by atoms with Crippen molar-refractivity contribution in [2.75, 3.05) is 26.4 Å². The number of aliphatic hydroxyl groups excluding tert-OH is 7. The van der Waals surface area contributed by atoms with Crippen LogP contribution in [0.25, 0.3) is 0 Å². The quantitative estimate of drug-likeness (QED) is 0.0184. The molecule has 2 heterocycles. The summed E-state index contributed by atoms with van der Waals surface area (Å²) in [5.41, 5.74) is 0. The van der Waals surface area contributed by atoms with Gasteiger partial charge in [-0.2, -0.15) is 0 Å². The highest BCUT2D eigenvalue weighted by molar-refractivity contribution is 5.70. The van der Waals surface area contributed by atoms with Crippen LogP contribution in [0.15, 0.2) is 109 Å². The minimum absolute atomic E-state index is 0.0994. The fourth-order valence-corrected chi connectivity index (χ4v) is 6.50. The number of hydrogen-bond acceptors (Lipinski definition) is 15. The molecule has 0 radical (unpaired) electrons. The van der Waals surface area contributed by atoms with E-state index in [0.29, 0.717) is 19.3 Å². The van der Waals surface area contributed by atoms with Crippen molar-refractivity contribution in [3.63, 3.8) is 0 Å². The molecule has 15 heteroatoms. The lowest BCUT2D eigenvalue weighted by Crippen LogP contribution is -2.61. The molecule has 15 nitrogen and oxygen atoms in total. The zero-order chi connectivity index (χ0) is 48.2. The molecule has 0 spiro atoms. The topological polar surface area (TPSA) is 231 Å². The number of unbranched alkanes of at least 4 members (excludes halogenated alkanes) is 4. The average molecular weight is 931 g/mol. The zero-order valence-corrected chi connectivity index (χ0v) is 38.9. The van der Waals surface area contributed by atoms with Crippen LogP contribution in [0.5, 0.6) is 0 Å². The van der Waals surface area contributed by atoms with E-state index < -0.39 is 99.3 Å². The predicted molar refractivity (Wildman–Crippen MR) is 251 cm³/mol. The van der Waals surface area contributed by atoms with Crippen molar-refractivity contribution in [2.24, 2.45) is 0 Å². The summed E-state index contributed by atoms with van der Waals surface area (Å²) in [6.45, 7) is 2.18. The van der Waals surface area contributed by atoms with Crippen molar-refractivity contribution in [3.05, 3.63) is 109 Å². The highest BCUT2D eigenvalue weighted by atomic mass is 16.7. The van der Waals surface area contributed by atoms with Crippen LogP contribution in [0.3, 0.4) is 0 Å². The van der Waals surface area contributed by atoms with Gasteiger partial charge in [-0.25, -0.2) is 0 Å². The lowest BCUT2D eigenvalue weighted by molar-refractivity contribution is -0.332. The van der Waals surface area contributed by atoms with Crippen molar-refractivity contribution >= 4 is 11.9 Å². The number of carbonyl (C=O) groups excluding carboxylic acids is 2. The zero-order valence-electron chi connectivity index (χ0n) is 38.9. The van der Waals surface area contributed by atoms with Crippen molar-refractivity contribution in [3.8, 4) is 0 Å². The number of esters is 2. The molecule has 66 heavy (non-hydrogen) atoms. The van der Waals surface area contributed by atoms with E-state index in [4.69, 9.17) is 28.4 Å². The summed E-state index contributed by atoms with van der Waals surface area (Å²) >= 11 is 0. The number of allylic oxidation sites excluding steroid dienone is 18. The summed E-state index contributed by atoms with van der Waals surface area (Å²) in [6.07, 6.45) is 30.0. The maximum Gasteiger partial charge on any atom is 0.306 e. The molecule has 2 aliphatic heterocycles. The van der Waals surface area contributed by atoms with Gasteiger partial charge in [0.05, 0.1) is 19.8 Å². The normalized spacial score (nSPS) is 27.2. The van der Waals surface area contributed by atoms with Gasteiger partial charge in [0.25, 0.3) is 0 Å². The highest BCUT2D eigenvalue weighted by Gasteiger charge is 2.47. The van der Waals surface area contributed by atoms with Crippen molar-refractivity contribution in [2.45, 2.75) is 171 Å². The lowest BCUT2D eigenvalue weighted by atomic mass is 9.98. The molecule has 11 atom stereocenters. The van der Waals surface area contributed by atoms with Crippen LogP contribution >= 0.6 is 0 Å². The first-order valence-corrected chi connectivity index (χ1v) is 23.5. The number of rotatable bonds is 33. The van der Waals surface area contributed by atoms with Crippen LogP contribution in [-0.4, -0.2) is 142 Å². The number of carbonyl (C=O) groups is 2. The van der Waals surface area contributed by atoms with E-state index in [9.17, 15) is 45.3 Å². The van der Waals surface area contributed by atoms with Crippen molar-refractivity contribution in [1.82, 2.24) is 0 Å². The Bertz CT molecular complexity index is 1560. The molecule has 0 amide bonds. The van der Waals surface area contributed by atoms with Crippen LogP contribution in [0.2, 0.25) is 0 Å². The molecule has 7 N–H and O–H groups in total. The maximum atomic E-state index is 12.9. The molecule has 2 fully saturated rings. The Kier molecular flexibility index (Phi) is 32.8. The summed E-state index contributed by atoms with van der Waals surface area (Å²) in [4.78, 5) is 25.6. The Morgan fingerprint density at radius 1 is 0.500 bits per heavy atom. The van der Waals surface area contributed by atoms with Gasteiger partial charge in [0.15, 0.2) is 18.7 Å². The summed E-state index contributed by atoms with van der Waals surface area (Å²) in [6, 6.07) is 0. The number of ether oxygens (including phenoxy) is 6. The van der Waals surface area contributed by atoms with Crippen LogP contribution in [0, 0.1) is 0 Å². The monoisotopic (exact) mass is 931 g/mol. The lowest BCUT2D eigenvalue weighted by Gasteiger charge is -2.42. The summed E-state index contributed by atoms with van der Waals surface area (Å²) in [7, 11) is 0. The molecular weight excluding hydrogens is 853 g/mol. The van der Waals surface area contributed by atoms with Crippen molar-refractivity contribution < 1.29 is 73.8 Å². The number of aliphatic hydroxyl groups is 7. The third-order valence-electron chi connectivity index (χ3n) is 10.3. The third kappa shape index (κ3) is 25.3. The second-order valence-electron chi connectivity index (χ2n) is 15.9. The van der Waals surface area contributed by atoms with Crippen molar-refractivity contribution in [1.29, 1.82) is 0 Å². The molecule has 0 saturated carbocycles. The molecule has 0 aromatic rings. The molecular formula is C51H78O15. The summed E-state index contributed by atoms with van der Waals surface area (Å²) in [5, 5.41) is 71.9. The predicted octanol–water partition coefficient (Wildman–Crippen LogP) is 5.59.